The SMILES string of the molecule is O=C(O)c1ccc(OCC2CCCC2)c(S(=O)(=O)Cl)c1. The molecule has 2 rings (SSSR count). The van der Waals surface area contributed by atoms with Crippen LogP contribution in [0.15, 0.2) is 23.1 Å². The van der Waals surface area contributed by atoms with Crippen molar-refractivity contribution in [2.24, 2.45) is 5.92 Å². The van der Waals surface area contributed by atoms with E-state index >= 15 is 0 Å². The zero-order chi connectivity index (χ0) is 14.8. The lowest BCUT2D eigenvalue weighted by molar-refractivity contribution is 0.0696. The summed E-state index contributed by atoms with van der Waals surface area (Å²) in [5, 5.41) is 8.89. The van der Waals surface area contributed by atoms with E-state index in [1.54, 1.807) is 0 Å². The lowest BCUT2D eigenvalue weighted by atomic mass is 10.1. The molecule has 7 heteroatoms. The first-order valence-corrected chi connectivity index (χ1v) is 8.63. The smallest absolute Gasteiger partial charge is 0.335 e. The minimum atomic E-state index is -4.05. The van der Waals surface area contributed by atoms with Gasteiger partial charge in [0, 0.05) is 10.7 Å². The number of carboxylic acids is 1. The van der Waals surface area contributed by atoms with Crippen LogP contribution in [-0.2, 0) is 9.05 Å². The summed E-state index contributed by atoms with van der Waals surface area (Å²) in [7, 11) is 1.28. The van der Waals surface area contributed by atoms with Crippen LogP contribution < -0.4 is 4.74 Å². The van der Waals surface area contributed by atoms with Crippen LogP contribution in [0.4, 0.5) is 0 Å². The number of hydrogen-bond donors (Lipinski definition) is 1. The predicted molar refractivity (Wildman–Crippen MR) is 73.9 cm³/mol. The molecule has 5 nitrogen and oxygen atoms in total. The standard InChI is InChI=1S/C13H15ClO5S/c14-20(17,18)12-7-10(13(15)16)5-6-11(12)19-8-9-3-1-2-4-9/h5-7,9H,1-4,8H2,(H,15,16). The van der Waals surface area contributed by atoms with Gasteiger partial charge in [-0.1, -0.05) is 12.8 Å². The van der Waals surface area contributed by atoms with Crippen molar-refractivity contribution in [3.8, 4) is 5.75 Å². The van der Waals surface area contributed by atoms with Crippen LogP contribution >= 0.6 is 10.7 Å². The average Bonchev–Trinajstić information content (AvgIpc) is 2.88. The quantitative estimate of drug-likeness (QED) is 0.844. The van der Waals surface area contributed by atoms with Crippen LogP contribution in [0.2, 0.25) is 0 Å². The maximum Gasteiger partial charge on any atom is 0.335 e. The van der Waals surface area contributed by atoms with E-state index in [0.717, 1.165) is 31.7 Å². The van der Waals surface area contributed by atoms with Gasteiger partial charge in [-0.3, -0.25) is 0 Å². The maximum absolute atomic E-state index is 11.5. The third-order valence-corrected chi connectivity index (χ3v) is 4.75. The van der Waals surface area contributed by atoms with E-state index in [4.69, 9.17) is 20.5 Å². The van der Waals surface area contributed by atoms with Gasteiger partial charge in [0.25, 0.3) is 9.05 Å². The van der Waals surface area contributed by atoms with Gasteiger partial charge >= 0.3 is 5.97 Å². The van der Waals surface area contributed by atoms with Crippen molar-refractivity contribution in [1.29, 1.82) is 0 Å². The van der Waals surface area contributed by atoms with Gasteiger partial charge in [-0.2, -0.15) is 0 Å². The first-order valence-electron chi connectivity index (χ1n) is 6.33. The zero-order valence-corrected chi connectivity index (χ0v) is 12.3. The molecule has 0 radical (unpaired) electrons. The fourth-order valence-corrected chi connectivity index (χ4v) is 3.33. The molecule has 1 aliphatic rings. The monoisotopic (exact) mass is 318 g/mol. The van der Waals surface area contributed by atoms with Crippen molar-refractivity contribution in [3.05, 3.63) is 23.8 Å². The second kappa shape index (κ2) is 6.01. The number of carbonyl (C=O) groups is 1. The van der Waals surface area contributed by atoms with Crippen LogP contribution in [0.5, 0.6) is 5.75 Å². The van der Waals surface area contributed by atoms with Crippen molar-refractivity contribution in [1.82, 2.24) is 0 Å². The van der Waals surface area contributed by atoms with Crippen LogP contribution in [0, 0.1) is 5.92 Å². The van der Waals surface area contributed by atoms with Crippen LogP contribution in [-0.4, -0.2) is 26.1 Å². The zero-order valence-electron chi connectivity index (χ0n) is 10.7. The summed E-state index contributed by atoms with van der Waals surface area (Å²) in [6.07, 6.45) is 4.45. The van der Waals surface area contributed by atoms with Crippen LogP contribution in [0.1, 0.15) is 36.0 Å². The Balaban J connectivity index is 2.24. The van der Waals surface area contributed by atoms with Gasteiger partial charge in [0.2, 0.25) is 0 Å². The van der Waals surface area contributed by atoms with Crippen molar-refractivity contribution in [2.45, 2.75) is 30.6 Å². The molecule has 0 bridgehead atoms. The Morgan fingerprint density at radius 2 is 2.00 bits per heavy atom. The molecule has 0 saturated heterocycles. The number of aromatic carboxylic acids is 1. The molecule has 0 unspecified atom stereocenters. The van der Waals surface area contributed by atoms with Gasteiger partial charge in [0.1, 0.15) is 10.6 Å². The molecule has 1 saturated carbocycles. The average molecular weight is 319 g/mol. The van der Waals surface area contributed by atoms with Crippen molar-refractivity contribution in [3.63, 3.8) is 0 Å². The second-order valence-corrected chi connectivity index (χ2v) is 7.40. The second-order valence-electron chi connectivity index (χ2n) is 4.87. The number of hydrogen-bond acceptors (Lipinski definition) is 4. The molecule has 0 aromatic heterocycles. The Bertz CT molecular complexity index is 605. The molecule has 0 amide bonds. The summed E-state index contributed by atoms with van der Waals surface area (Å²) < 4.78 is 28.6. The molecule has 1 aromatic rings. The molecule has 1 fully saturated rings. The first kappa shape index (κ1) is 15.1. The lowest BCUT2D eigenvalue weighted by Crippen LogP contribution is -2.10. The molecule has 0 spiro atoms. The summed E-state index contributed by atoms with van der Waals surface area (Å²) in [5.41, 5.74) is -0.141. The third-order valence-electron chi connectivity index (χ3n) is 3.40. The highest BCUT2D eigenvalue weighted by Gasteiger charge is 2.21. The Labute approximate surface area is 121 Å². The summed E-state index contributed by atoms with van der Waals surface area (Å²) in [4.78, 5) is 10.6. The Morgan fingerprint density at radius 3 is 2.55 bits per heavy atom. The molecule has 1 aliphatic carbocycles. The molecule has 20 heavy (non-hydrogen) atoms. The first-order chi connectivity index (χ1) is 9.38. The molecule has 0 aliphatic heterocycles. The van der Waals surface area contributed by atoms with Gasteiger partial charge in [-0.05, 0) is 37.0 Å². The van der Waals surface area contributed by atoms with Crippen LogP contribution in [0.3, 0.4) is 0 Å². The number of carboxylic acid groups (broad SMARTS) is 1. The highest BCUT2D eigenvalue weighted by molar-refractivity contribution is 8.13. The summed E-state index contributed by atoms with van der Waals surface area (Å²) >= 11 is 0. The van der Waals surface area contributed by atoms with E-state index < -0.39 is 15.0 Å². The Kier molecular flexibility index (Phi) is 4.55. The van der Waals surface area contributed by atoms with Gasteiger partial charge < -0.3 is 9.84 Å². The number of ether oxygens (including phenoxy) is 1. The fourth-order valence-electron chi connectivity index (χ4n) is 2.34. The Hall–Kier alpha value is -1.27. The number of benzene rings is 1. The van der Waals surface area contributed by atoms with Crippen molar-refractivity contribution >= 4 is 25.7 Å². The van der Waals surface area contributed by atoms with E-state index in [-0.39, 0.29) is 16.2 Å². The van der Waals surface area contributed by atoms with Gasteiger partial charge in [-0.25, -0.2) is 13.2 Å². The predicted octanol–water partition coefficient (Wildman–Crippen LogP) is 2.88. The molecule has 0 heterocycles. The van der Waals surface area contributed by atoms with Gasteiger partial charge in [0.05, 0.1) is 12.2 Å². The molecule has 110 valence electrons. The van der Waals surface area contributed by atoms with E-state index in [1.165, 1.54) is 12.1 Å². The topological polar surface area (TPSA) is 80.7 Å². The summed E-state index contributed by atoms with van der Waals surface area (Å²) in [6.45, 7) is 0.422. The molecule has 1 aromatic carbocycles. The van der Waals surface area contributed by atoms with Crippen molar-refractivity contribution in [2.75, 3.05) is 6.61 Å². The Morgan fingerprint density at radius 1 is 1.35 bits per heavy atom. The van der Waals surface area contributed by atoms with E-state index in [2.05, 4.69) is 0 Å². The van der Waals surface area contributed by atoms with Crippen LogP contribution in [0.25, 0.3) is 0 Å². The lowest BCUT2D eigenvalue weighted by Gasteiger charge is -2.13. The highest BCUT2D eigenvalue weighted by Crippen LogP contribution is 2.30. The van der Waals surface area contributed by atoms with Crippen molar-refractivity contribution < 1.29 is 23.1 Å². The molecule has 1 N–H and O–H groups in total. The van der Waals surface area contributed by atoms with Gasteiger partial charge in [-0.15, -0.1) is 0 Å². The summed E-state index contributed by atoms with van der Waals surface area (Å²) in [5.74, 6) is -0.689. The van der Waals surface area contributed by atoms with E-state index in [0.29, 0.717) is 12.5 Å². The normalized spacial score (nSPS) is 16.2. The fraction of sp³-hybridized carbons (Fsp3) is 0.462. The van der Waals surface area contributed by atoms with E-state index in [1.807, 2.05) is 0 Å². The molecular weight excluding hydrogens is 304 g/mol. The third kappa shape index (κ3) is 3.64. The van der Waals surface area contributed by atoms with E-state index in [9.17, 15) is 13.2 Å². The highest BCUT2D eigenvalue weighted by atomic mass is 35.7. The molecule has 0 atom stereocenters. The summed E-state index contributed by atoms with van der Waals surface area (Å²) in [6, 6.07) is 3.67. The maximum atomic E-state index is 11.5. The largest absolute Gasteiger partial charge is 0.492 e. The molecular formula is C13H15ClO5S. The minimum absolute atomic E-state index is 0.108. The number of halogens is 1. The minimum Gasteiger partial charge on any atom is -0.492 e. The number of rotatable bonds is 5. The van der Waals surface area contributed by atoms with Gasteiger partial charge in [0.15, 0.2) is 0 Å².